The number of esters is 1. The molecule has 1 saturated heterocycles. The minimum Gasteiger partial charge on any atom is -0.466 e. The Balaban J connectivity index is 1.88. The summed E-state index contributed by atoms with van der Waals surface area (Å²) in [7, 11) is -1.21. The molecule has 1 heterocycles. The number of likely N-dealkylation sites (tertiary alicyclic amines) is 1. The molecule has 0 aliphatic carbocycles. The highest BCUT2D eigenvalue weighted by Gasteiger charge is 2.30. The molecule has 0 spiro atoms. The van der Waals surface area contributed by atoms with Gasteiger partial charge in [-0.1, -0.05) is 0 Å². The van der Waals surface area contributed by atoms with Crippen molar-refractivity contribution >= 4 is 27.8 Å². The molecule has 0 atom stereocenters. The molecule has 0 aromatic heterocycles. The fourth-order valence-corrected chi connectivity index (χ4v) is 4.41. The Hall–Kier alpha value is -2.97. The second-order valence-electron chi connectivity index (χ2n) is 7.55. The van der Waals surface area contributed by atoms with E-state index in [2.05, 4.69) is 0 Å². The van der Waals surface area contributed by atoms with Gasteiger partial charge in [0.25, 0.3) is 0 Å². The summed E-state index contributed by atoms with van der Waals surface area (Å²) in [6.07, 6.45) is 1.02. The van der Waals surface area contributed by atoms with Gasteiger partial charge >= 0.3 is 5.97 Å². The molecule has 10 nitrogen and oxygen atoms in total. The third-order valence-corrected chi connectivity index (χ3v) is 7.13. The fraction of sp³-hybridized carbons (Fsp3) is 0.524. The molecule has 1 aliphatic heterocycles. The van der Waals surface area contributed by atoms with Gasteiger partial charge in [-0.05, 0) is 44.0 Å². The van der Waals surface area contributed by atoms with Crippen molar-refractivity contribution in [2.24, 2.45) is 5.92 Å². The minimum absolute atomic E-state index is 0.0324. The summed E-state index contributed by atoms with van der Waals surface area (Å²) in [4.78, 5) is 39.6. The van der Waals surface area contributed by atoms with Crippen molar-refractivity contribution in [3.8, 4) is 6.07 Å². The van der Waals surface area contributed by atoms with Gasteiger partial charge in [0.1, 0.15) is 0 Å². The summed E-state index contributed by atoms with van der Waals surface area (Å²) in [6.45, 7) is 2.25. The third-order valence-electron chi connectivity index (χ3n) is 5.32. The molecule has 0 saturated carbocycles. The van der Waals surface area contributed by atoms with Crippen LogP contribution in [0.2, 0.25) is 0 Å². The van der Waals surface area contributed by atoms with Crippen LogP contribution in [0.15, 0.2) is 29.2 Å². The van der Waals surface area contributed by atoms with Gasteiger partial charge in [0.15, 0.2) is 0 Å². The van der Waals surface area contributed by atoms with E-state index in [9.17, 15) is 22.8 Å². The van der Waals surface area contributed by atoms with Gasteiger partial charge in [0.2, 0.25) is 21.8 Å². The van der Waals surface area contributed by atoms with E-state index in [-0.39, 0.29) is 29.2 Å². The van der Waals surface area contributed by atoms with E-state index in [4.69, 9.17) is 10.00 Å². The number of carbonyl (C=O) groups is 3. The maximum absolute atomic E-state index is 12.7. The Bertz CT molecular complexity index is 979. The number of rotatable bonds is 8. The number of hydrogen-bond acceptors (Lipinski definition) is 7. The molecule has 11 heteroatoms. The molecular weight excluding hydrogens is 436 g/mol. The number of nitriles is 1. The van der Waals surface area contributed by atoms with E-state index in [0.717, 1.165) is 4.31 Å². The first-order chi connectivity index (χ1) is 15.1. The van der Waals surface area contributed by atoms with E-state index in [0.29, 0.717) is 38.1 Å². The Morgan fingerprint density at radius 2 is 1.72 bits per heavy atom. The summed E-state index contributed by atoms with van der Waals surface area (Å²) >= 11 is 0. The molecule has 0 N–H and O–H groups in total. The molecule has 1 fully saturated rings. The average molecular weight is 465 g/mol. The molecule has 2 rings (SSSR count). The quantitative estimate of drug-likeness (QED) is 0.511. The highest BCUT2D eigenvalue weighted by Crippen LogP contribution is 2.19. The van der Waals surface area contributed by atoms with Crippen LogP contribution in [0, 0.1) is 17.2 Å². The van der Waals surface area contributed by atoms with Crippen LogP contribution in [0.25, 0.3) is 0 Å². The van der Waals surface area contributed by atoms with Crippen molar-refractivity contribution in [1.82, 2.24) is 14.1 Å². The van der Waals surface area contributed by atoms with Gasteiger partial charge in [-0.2, -0.15) is 9.57 Å². The van der Waals surface area contributed by atoms with E-state index < -0.39 is 22.5 Å². The molecule has 174 valence electrons. The molecule has 1 aliphatic rings. The predicted octanol–water partition coefficient (Wildman–Crippen LogP) is 0.439. The summed E-state index contributed by atoms with van der Waals surface area (Å²) in [5.41, 5.74) is 0.326. The van der Waals surface area contributed by atoms with Crippen molar-refractivity contribution in [3.63, 3.8) is 0 Å². The zero-order valence-electron chi connectivity index (χ0n) is 18.5. The number of amides is 2. The number of hydrogen-bond donors (Lipinski definition) is 0. The fourth-order valence-electron chi connectivity index (χ4n) is 3.29. The lowest BCUT2D eigenvalue weighted by Crippen LogP contribution is -2.47. The standard InChI is InChI=1S/C21H28N4O6S/c1-4-31-21(28)17-9-11-25(12-10-17)20(27)14-23(2)19(26)15-24(3)32(29,30)18-7-5-16(13-22)6-8-18/h5-8,17H,4,9-12,14-15H2,1-3H3. The smallest absolute Gasteiger partial charge is 0.309 e. The Labute approximate surface area is 188 Å². The number of nitrogens with zero attached hydrogens (tertiary/aromatic N) is 4. The van der Waals surface area contributed by atoms with Crippen LogP contribution in [0.1, 0.15) is 25.3 Å². The molecule has 2 amide bonds. The minimum atomic E-state index is -3.92. The number of sulfonamides is 1. The lowest BCUT2D eigenvalue weighted by Gasteiger charge is -2.32. The van der Waals surface area contributed by atoms with Crippen LogP contribution in [-0.4, -0.2) is 87.2 Å². The van der Waals surface area contributed by atoms with Crippen LogP contribution < -0.4 is 0 Å². The topological polar surface area (TPSA) is 128 Å². The largest absolute Gasteiger partial charge is 0.466 e. The number of ether oxygens (including phenoxy) is 1. The molecule has 0 bridgehead atoms. The van der Waals surface area contributed by atoms with E-state index >= 15 is 0 Å². The molecular formula is C21H28N4O6S. The number of piperidine rings is 1. The van der Waals surface area contributed by atoms with Crippen LogP contribution in [0.4, 0.5) is 0 Å². The molecule has 0 radical (unpaired) electrons. The van der Waals surface area contributed by atoms with Crippen molar-refractivity contribution in [2.45, 2.75) is 24.7 Å². The first-order valence-corrected chi connectivity index (χ1v) is 11.7. The number of carbonyl (C=O) groups excluding carboxylic acids is 3. The van der Waals surface area contributed by atoms with E-state index in [1.807, 2.05) is 6.07 Å². The van der Waals surface area contributed by atoms with Crippen molar-refractivity contribution in [3.05, 3.63) is 29.8 Å². The Morgan fingerprint density at radius 3 is 2.25 bits per heavy atom. The Kier molecular flexibility index (Phi) is 8.74. The van der Waals surface area contributed by atoms with Gasteiger partial charge in [-0.15, -0.1) is 0 Å². The first kappa shape index (κ1) is 25.3. The summed E-state index contributed by atoms with van der Waals surface area (Å²) in [5.74, 6) is -1.27. The lowest BCUT2D eigenvalue weighted by atomic mass is 9.97. The normalized spacial score (nSPS) is 14.7. The van der Waals surface area contributed by atoms with Crippen LogP contribution >= 0.6 is 0 Å². The van der Waals surface area contributed by atoms with Crippen LogP contribution in [-0.2, 0) is 29.1 Å². The predicted molar refractivity (Wildman–Crippen MR) is 115 cm³/mol. The third kappa shape index (κ3) is 6.27. The highest BCUT2D eigenvalue weighted by atomic mass is 32.2. The zero-order chi connectivity index (χ0) is 23.9. The summed E-state index contributed by atoms with van der Waals surface area (Å²) < 4.78 is 31.2. The average Bonchev–Trinajstić information content (AvgIpc) is 2.79. The van der Waals surface area contributed by atoms with Gasteiger partial charge in [0, 0.05) is 27.2 Å². The van der Waals surface area contributed by atoms with Crippen LogP contribution in [0.3, 0.4) is 0 Å². The summed E-state index contributed by atoms with van der Waals surface area (Å²) in [5, 5.41) is 8.83. The Morgan fingerprint density at radius 1 is 1.12 bits per heavy atom. The van der Waals surface area contributed by atoms with Crippen molar-refractivity contribution in [1.29, 1.82) is 5.26 Å². The lowest BCUT2D eigenvalue weighted by molar-refractivity contribution is -0.151. The maximum atomic E-state index is 12.7. The van der Waals surface area contributed by atoms with Gasteiger partial charge in [-0.3, -0.25) is 14.4 Å². The SMILES string of the molecule is CCOC(=O)C1CCN(C(=O)CN(C)C(=O)CN(C)S(=O)(=O)c2ccc(C#N)cc2)CC1. The molecule has 0 unspecified atom stereocenters. The second-order valence-corrected chi connectivity index (χ2v) is 9.60. The monoisotopic (exact) mass is 464 g/mol. The highest BCUT2D eigenvalue weighted by molar-refractivity contribution is 7.89. The first-order valence-electron chi connectivity index (χ1n) is 10.2. The van der Waals surface area contributed by atoms with E-state index in [1.165, 1.54) is 43.3 Å². The van der Waals surface area contributed by atoms with Crippen molar-refractivity contribution in [2.75, 3.05) is 46.9 Å². The summed E-state index contributed by atoms with van der Waals surface area (Å²) in [6, 6.07) is 7.30. The molecule has 1 aromatic rings. The van der Waals surface area contributed by atoms with Gasteiger partial charge in [-0.25, -0.2) is 8.42 Å². The van der Waals surface area contributed by atoms with Gasteiger partial charge in [0.05, 0.1) is 42.1 Å². The maximum Gasteiger partial charge on any atom is 0.309 e. The zero-order valence-corrected chi connectivity index (χ0v) is 19.3. The second kappa shape index (κ2) is 11.1. The van der Waals surface area contributed by atoms with Crippen molar-refractivity contribution < 1.29 is 27.5 Å². The van der Waals surface area contributed by atoms with Crippen LogP contribution in [0.5, 0.6) is 0 Å². The van der Waals surface area contributed by atoms with Gasteiger partial charge < -0.3 is 14.5 Å². The molecule has 1 aromatic carbocycles. The number of likely N-dealkylation sites (N-methyl/N-ethyl adjacent to an activating group) is 2. The number of benzene rings is 1. The van der Waals surface area contributed by atoms with E-state index in [1.54, 1.807) is 11.8 Å². The molecule has 32 heavy (non-hydrogen) atoms.